The van der Waals surface area contributed by atoms with Crippen LogP contribution in [-0.4, -0.2) is 60.6 Å². The van der Waals surface area contributed by atoms with Gasteiger partial charge in [-0.05, 0) is 101 Å². The Morgan fingerprint density at radius 2 is 1.80 bits per heavy atom. The Kier molecular flexibility index (Phi) is 10.9. The zero-order valence-corrected chi connectivity index (χ0v) is 28.4. The van der Waals surface area contributed by atoms with Crippen LogP contribution < -0.4 is 4.74 Å². The Labute approximate surface area is 273 Å². The number of esters is 1. The molecule has 248 valence electrons. The van der Waals surface area contributed by atoms with E-state index in [4.69, 9.17) is 18.9 Å². The highest BCUT2D eigenvalue weighted by molar-refractivity contribution is 5.95. The van der Waals surface area contributed by atoms with E-state index < -0.39 is 11.7 Å². The molecule has 0 unspecified atom stereocenters. The highest BCUT2D eigenvalue weighted by atomic mass is 16.6. The van der Waals surface area contributed by atoms with Crippen molar-refractivity contribution in [3.8, 4) is 5.75 Å². The number of carbonyl (C=O) groups excluding carboxylic acids is 2. The normalized spacial score (nSPS) is 20.7. The summed E-state index contributed by atoms with van der Waals surface area (Å²) in [5, 5.41) is 0.972. The molecular formula is C38H50N2O6. The average Bonchev–Trinajstić information content (AvgIpc) is 3.48. The molecule has 0 amide bonds. The summed E-state index contributed by atoms with van der Waals surface area (Å²) in [5.41, 5.74) is 4.94. The number of aromatic nitrogens is 1. The van der Waals surface area contributed by atoms with Crippen LogP contribution in [0.3, 0.4) is 0 Å². The van der Waals surface area contributed by atoms with Crippen molar-refractivity contribution in [2.24, 2.45) is 0 Å². The summed E-state index contributed by atoms with van der Waals surface area (Å²) in [5.74, 6) is 0.457. The Balaban J connectivity index is 1.57. The van der Waals surface area contributed by atoms with Crippen LogP contribution in [-0.2, 0) is 20.8 Å². The number of carbonyl (C=O) groups is 2. The van der Waals surface area contributed by atoms with E-state index in [1.54, 1.807) is 17.9 Å². The van der Waals surface area contributed by atoms with Crippen LogP contribution in [0.2, 0.25) is 0 Å². The molecule has 1 saturated heterocycles. The highest BCUT2D eigenvalue weighted by Crippen LogP contribution is 2.40. The lowest BCUT2D eigenvalue weighted by molar-refractivity contribution is -0.0202. The van der Waals surface area contributed by atoms with Gasteiger partial charge >= 0.3 is 12.1 Å². The summed E-state index contributed by atoms with van der Waals surface area (Å²) < 4.78 is 24.9. The van der Waals surface area contributed by atoms with Crippen LogP contribution in [0.15, 0.2) is 42.6 Å². The van der Waals surface area contributed by atoms with E-state index in [2.05, 4.69) is 23.1 Å². The van der Waals surface area contributed by atoms with Gasteiger partial charge in [-0.25, -0.2) is 9.59 Å². The second-order valence-electron chi connectivity index (χ2n) is 13.6. The molecule has 46 heavy (non-hydrogen) atoms. The molecule has 1 fully saturated rings. The molecule has 2 bridgehead atoms. The van der Waals surface area contributed by atoms with Crippen molar-refractivity contribution in [2.75, 3.05) is 27.4 Å². The fraction of sp³-hybridized carbons (Fsp3) is 0.526. The van der Waals surface area contributed by atoms with E-state index >= 15 is 0 Å². The third-order valence-electron chi connectivity index (χ3n) is 9.10. The van der Waals surface area contributed by atoms with Crippen molar-refractivity contribution in [3.63, 3.8) is 0 Å². The van der Waals surface area contributed by atoms with Gasteiger partial charge in [-0.2, -0.15) is 0 Å². The molecule has 5 rings (SSSR count). The molecular weight excluding hydrogens is 580 g/mol. The van der Waals surface area contributed by atoms with Crippen LogP contribution >= 0.6 is 0 Å². The minimum atomic E-state index is -0.607. The molecule has 0 radical (unpaired) electrons. The number of fused-ring (bicyclic) bond motifs is 5. The topological polar surface area (TPSA) is 79.2 Å². The number of likely N-dealkylation sites (tertiary alicyclic amines) is 1. The van der Waals surface area contributed by atoms with E-state index in [1.165, 1.54) is 31.9 Å². The molecule has 0 saturated carbocycles. The van der Waals surface area contributed by atoms with Crippen molar-refractivity contribution >= 4 is 29.0 Å². The van der Waals surface area contributed by atoms with Crippen LogP contribution in [0.5, 0.6) is 5.75 Å². The number of aryl methyl sites for hydroxylation is 1. The molecule has 1 aromatic heterocycles. The van der Waals surface area contributed by atoms with Gasteiger partial charge in [-0.1, -0.05) is 37.5 Å². The second kappa shape index (κ2) is 14.9. The minimum absolute atomic E-state index is 0.0456. The minimum Gasteiger partial charge on any atom is -0.496 e. The number of hydrogen-bond donors (Lipinski definition) is 0. The molecule has 3 heterocycles. The quantitative estimate of drug-likeness (QED) is 0.267. The largest absolute Gasteiger partial charge is 0.496 e. The van der Waals surface area contributed by atoms with Gasteiger partial charge in [-0.15, -0.1) is 0 Å². The first-order valence-electron chi connectivity index (χ1n) is 16.7. The third kappa shape index (κ3) is 7.84. The van der Waals surface area contributed by atoms with Crippen molar-refractivity contribution in [1.29, 1.82) is 0 Å². The zero-order chi connectivity index (χ0) is 32.8. The van der Waals surface area contributed by atoms with E-state index in [-0.39, 0.29) is 18.1 Å². The highest BCUT2D eigenvalue weighted by Gasteiger charge is 2.33. The summed E-state index contributed by atoms with van der Waals surface area (Å²) in [6.45, 7) is 9.87. The summed E-state index contributed by atoms with van der Waals surface area (Å²) in [6, 6.07) is 9.99. The van der Waals surface area contributed by atoms with Crippen LogP contribution in [0, 0.1) is 6.92 Å². The first-order valence-corrected chi connectivity index (χ1v) is 16.7. The maximum absolute atomic E-state index is 13.2. The van der Waals surface area contributed by atoms with Crippen LogP contribution in [0.4, 0.5) is 4.79 Å². The number of hydrogen-bond acceptors (Lipinski definition) is 7. The SMILES string of the molecule is COC(=O)c1ccc2c(c1)/C=C\CCCCCCCO[C@H]1CCN(Cc3c(OC)cc(C)c4c3ccn4C(=O)OC(C)(C)C)[C@H]2C1. The standard InChI is InChI=1S/C38H50N2O6/c1-26-22-34(43-5)32(31-18-20-40(35(26)31)37(42)46-38(2,3)4)25-39-19-17-29-24-33(39)30-16-15-28(36(41)44-6)23-27(30)14-12-10-8-7-9-11-13-21-45-29/h12,14-16,18,20,22-23,29,33H,7-11,13,17,19,21,24-25H2,1-6H3/b14-12-/t29-,33-/m0/s1. The van der Waals surface area contributed by atoms with E-state index in [0.29, 0.717) is 12.1 Å². The van der Waals surface area contributed by atoms with Crippen molar-refractivity contribution in [3.05, 3.63) is 70.4 Å². The molecule has 0 aliphatic carbocycles. The predicted molar refractivity (Wildman–Crippen MR) is 182 cm³/mol. The smallest absolute Gasteiger partial charge is 0.419 e. The first-order chi connectivity index (χ1) is 22.1. The fourth-order valence-corrected chi connectivity index (χ4v) is 6.84. The van der Waals surface area contributed by atoms with Gasteiger partial charge < -0.3 is 18.9 Å². The van der Waals surface area contributed by atoms with Gasteiger partial charge in [0.2, 0.25) is 0 Å². The van der Waals surface area contributed by atoms with Crippen LogP contribution in [0.25, 0.3) is 17.0 Å². The lowest BCUT2D eigenvalue weighted by Gasteiger charge is -2.40. The van der Waals surface area contributed by atoms with Gasteiger partial charge in [0.1, 0.15) is 11.4 Å². The Bertz CT molecular complexity index is 1570. The number of methoxy groups -OCH3 is 2. The van der Waals surface area contributed by atoms with E-state index in [0.717, 1.165) is 78.6 Å². The van der Waals surface area contributed by atoms with Crippen molar-refractivity contribution in [1.82, 2.24) is 9.47 Å². The molecule has 2 aromatic carbocycles. The van der Waals surface area contributed by atoms with Gasteiger partial charge in [0.05, 0.1) is 31.4 Å². The lowest BCUT2D eigenvalue weighted by atomic mass is 9.88. The Hall–Kier alpha value is -3.62. The Morgan fingerprint density at radius 3 is 2.57 bits per heavy atom. The van der Waals surface area contributed by atoms with E-state index in [1.807, 2.05) is 52.0 Å². The average molecular weight is 631 g/mol. The molecule has 2 atom stereocenters. The molecule has 8 nitrogen and oxygen atoms in total. The molecule has 0 spiro atoms. The predicted octanol–water partition coefficient (Wildman–Crippen LogP) is 8.62. The molecule has 8 heteroatoms. The van der Waals surface area contributed by atoms with Gasteiger partial charge in [-0.3, -0.25) is 9.47 Å². The maximum Gasteiger partial charge on any atom is 0.419 e. The zero-order valence-electron chi connectivity index (χ0n) is 28.4. The van der Waals surface area contributed by atoms with E-state index in [9.17, 15) is 9.59 Å². The summed E-state index contributed by atoms with van der Waals surface area (Å²) in [6.07, 6.45) is 14.6. The first kappa shape index (κ1) is 33.7. The lowest BCUT2D eigenvalue weighted by Crippen LogP contribution is -2.40. The van der Waals surface area contributed by atoms with Gasteiger partial charge in [0, 0.05) is 42.9 Å². The number of benzene rings is 2. The van der Waals surface area contributed by atoms with Gasteiger partial charge in [0.15, 0.2) is 0 Å². The molecule has 3 aromatic rings. The van der Waals surface area contributed by atoms with Crippen molar-refractivity contribution in [2.45, 2.75) is 103 Å². The second-order valence-corrected chi connectivity index (χ2v) is 13.6. The number of rotatable bonds is 4. The molecule has 2 aliphatic rings. The van der Waals surface area contributed by atoms with Crippen LogP contribution in [0.1, 0.15) is 111 Å². The summed E-state index contributed by atoms with van der Waals surface area (Å²) >= 11 is 0. The summed E-state index contributed by atoms with van der Waals surface area (Å²) in [4.78, 5) is 28.3. The molecule has 0 N–H and O–H groups in total. The molecule has 2 aliphatic heterocycles. The third-order valence-corrected chi connectivity index (χ3v) is 9.10. The van der Waals surface area contributed by atoms with Gasteiger partial charge in [0.25, 0.3) is 0 Å². The monoisotopic (exact) mass is 630 g/mol. The fourth-order valence-electron chi connectivity index (χ4n) is 6.84. The number of nitrogens with zero attached hydrogens (tertiary/aromatic N) is 2. The number of ether oxygens (including phenoxy) is 4. The summed E-state index contributed by atoms with van der Waals surface area (Å²) in [7, 11) is 3.12. The number of allylic oxidation sites excluding steroid dienone is 1. The van der Waals surface area contributed by atoms with Crippen molar-refractivity contribution < 1.29 is 28.5 Å². The Morgan fingerprint density at radius 1 is 1.02 bits per heavy atom. The maximum atomic E-state index is 13.2. The number of piperidine rings is 1.